The standard InChI is InChI=1S/C16H17FN2O2/c1-18(2)11-7-9-12(10-8-11)19(3)16(21)15-13(17)5-4-6-14(15)20/h4-10,20H,1-3H3. The molecular formula is C16H17FN2O2. The van der Waals surface area contributed by atoms with Gasteiger partial charge in [-0.3, -0.25) is 4.79 Å². The summed E-state index contributed by atoms with van der Waals surface area (Å²) in [5.41, 5.74) is 1.29. The van der Waals surface area contributed by atoms with Gasteiger partial charge in [-0.2, -0.15) is 0 Å². The van der Waals surface area contributed by atoms with Gasteiger partial charge in [-0.25, -0.2) is 4.39 Å². The molecule has 0 unspecified atom stereocenters. The predicted octanol–water partition coefficient (Wildman–Crippen LogP) is 2.87. The van der Waals surface area contributed by atoms with E-state index in [0.717, 1.165) is 11.8 Å². The molecule has 21 heavy (non-hydrogen) atoms. The Morgan fingerprint density at radius 2 is 1.57 bits per heavy atom. The molecule has 0 aromatic heterocycles. The molecule has 0 aliphatic rings. The molecule has 1 amide bonds. The number of hydrogen-bond donors (Lipinski definition) is 1. The highest BCUT2D eigenvalue weighted by Gasteiger charge is 2.21. The van der Waals surface area contributed by atoms with Crippen molar-refractivity contribution < 1.29 is 14.3 Å². The normalized spacial score (nSPS) is 10.3. The number of nitrogens with zero attached hydrogens (tertiary/aromatic N) is 2. The lowest BCUT2D eigenvalue weighted by Crippen LogP contribution is -2.27. The summed E-state index contributed by atoms with van der Waals surface area (Å²) in [4.78, 5) is 15.6. The van der Waals surface area contributed by atoms with Crippen molar-refractivity contribution in [3.8, 4) is 5.75 Å². The van der Waals surface area contributed by atoms with Crippen molar-refractivity contribution in [3.63, 3.8) is 0 Å². The van der Waals surface area contributed by atoms with E-state index in [4.69, 9.17) is 0 Å². The van der Waals surface area contributed by atoms with E-state index in [1.807, 2.05) is 31.1 Å². The van der Waals surface area contributed by atoms with Gasteiger partial charge in [0.25, 0.3) is 5.91 Å². The number of hydrogen-bond acceptors (Lipinski definition) is 3. The number of carbonyl (C=O) groups is 1. The maximum absolute atomic E-state index is 13.7. The zero-order chi connectivity index (χ0) is 15.6. The largest absolute Gasteiger partial charge is 0.507 e. The van der Waals surface area contributed by atoms with Crippen LogP contribution in [0.3, 0.4) is 0 Å². The van der Waals surface area contributed by atoms with E-state index in [9.17, 15) is 14.3 Å². The maximum atomic E-state index is 13.7. The molecule has 1 N–H and O–H groups in total. The summed E-state index contributed by atoms with van der Waals surface area (Å²) < 4.78 is 13.7. The van der Waals surface area contributed by atoms with Gasteiger partial charge in [0.2, 0.25) is 0 Å². The van der Waals surface area contributed by atoms with Gasteiger partial charge in [0, 0.05) is 32.5 Å². The van der Waals surface area contributed by atoms with Crippen LogP contribution in [0.15, 0.2) is 42.5 Å². The minimum atomic E-state index is -0.739. The van der Waals surface area contributed by atoms with Crippen molar-refractivity contribution in [3.05, 3.63) is 53.8 Å². The lowest BCUT2D eigenvalue weighted by molar-refractivity contribution is 0.0986. The average molecular weight is 288 g/mol. The van der Waals surface area contributed by atoms with E-state index in [2.05, 4.69) is 0 Å². The Morgan fingerprint density at radius 3 is 2.10 bits per heavy atom. The highest BCUT2D eigenvalue weighted by molar-refractivity contribution is 6.07. The number of aromatic hydroxyl groups is 1. The van der Waals surface area contributed by atoms with Crippen molar-refractivity contribution in [1.29, 1.82) is 0 Å². The molecule has 2 aromatic rings. The summed E-state index contributed by atoms with van der Waals surface area (Å²) in [5.74, 6) is -1.70. The Kier molecular flexibility index (Phi) is 4.12. The van der Waals surface area contributed by atoms with Crippen molar-refractivity contribution >= 4 is 17.3 Å². The van der Waals surface area contributed by atoms with Gasteiger partial charge in [-0.05, 0) is 36.4 Å². The van der Waals surface area contributed by atoms with Crippen LogP contribution in [0.2, 0.25) is 0 Å². The lowest BCUT2D eigenvalue weighted by Gasteiger charge is -2.20. The zero-order valence-corrected chi connectivity index (χ0v) is 12.2. The molecular weight excluding hydrogens is 271 g/mol. The quantitative estimate of drug-likeness (QED) is 0.944. The van der Waals surface area contributed by atoms with Gasteiger partial charge < -0.3 is 14.9 Å². The number of phenols is 1. The fourth-order valence-electron chi connectivity index (χ4n) is 1.98. The molecule has 0 saturated heterocycles. The van der Waals surface area contributed by atoms with Gasteiger partial charge in [0.05, 0.1) is 0 Å². The highest BCUT2D eigenvalue weighted by Crippen LogP contribution is 2.25. The molecule has 110 valence electrons. The van der Waals surface area contributed by atoms with Gasteiger partial charge in [-0.1, -0.05) is 6.07 Å². The van der Waals surface area contributed by atoms with Gasteiger partial charge in [0.15, 0.2) is 0 Å². The molecule has 0 spiro atoms. The monoisotopic (exact) mass is 288 g/mol. The second-order valence-corrected chi connectivity index (χ2v) is 4.91. The van der Waals surface area contributed by atoms with Crippen LogP contribution in [0, 0.1) is 5.82 Å². The first-order chi connectivity index (χ1) is 9.91. The molecule has 4 nitrogen and oxygen atoms in total. The number of halogens is 1. The Hall–Kier alpha value is -2.56. The van der Waals surface area contributed by atoms with Crippen LogP contribution in [0.5, 0.6) is 5.75 Å². The fraction of sp³-hybridized carbons (Fsp3) is 0.188. The van der Waals surface area contributed by atoms with Gasteiger partial charge in [0.1, 0.15) is 17.1 Å². The number of carbonyl (C=O) groups excluding carboxylic acids is 1. The number of anilines is 2. The van der Waals surface area contributed by atoms with Crippen LogP contribution in [0.4, 0.5) is 15.8 Å². The van der Waals surface area contributed by atoms with E-state index >= 15 is 0 Å². The van der Waals surface area contributed by atoms with Crippen LogP contribution in [0.25, 0.3) is 0 Å². The third kappa shape index (κ3) is 2.97. The maximum Gasteiger partial charge on any atom is 0.264 e. The van der Waals surface area contributed by atoms with E-state index in [1.165, 1.54) is 17.0 Å². The lowest BCUT2D eigenvalue weighted by atomic mass is 10.1. The zero-order valence-electron chi connectivity index (χ0n) is 12.2. The second-order valence-electron chi connectivity index (χ2n) is 4.91. The Balaban J connectivity index is 2.31. The molecule has 0 saturated carbocycles. The molecule has 5 heteroatoms. The first-order valence-electron chi connectivity index (χ1n) is 6.44. The van der Waals surface area contributed by atoms with Crippen LogP contribution in [-0.2, 0) is 0 Å². The van der Waals surface area contributed by atoms with Crippen LogP contribution >= 0.6 is 0 Å². The highest BCUT2D eigenvalue weighted by atomic mass is 19.1. The van der Waals surface area contributed by atoms with Crippen LogP contribution in [-0.4, -0.2) is 32.2 Å². The van der Waals surface area contributed by atoms with Gasteiger partial charge >= 0.3 is 0 Å². The summed E-state index contributed by atoms with van der Waals surface area (Å²) in [6.07, 6.45) is 0. The van der Waals surface area contributed by atoms with E-state index < -0.39 is 11.7 Å². The van der Waals surface area contributed by atoms with Crippen molar-refractivity contribution in [2.24, 2.45) is 0 Å². The predicted molar refractivity (Wildman–Crippen MR) is 81.6 cm³/mol. The molecule has 0 atom stereocenters. The van der Waals surface area contributed by atoms with Gasteiger partial charge in [-0.15, -0.1) is 0 Å². The summed E-state index contributed by atoms with van der Waals surface area (Å²) in [7, 11) is 5.38. The molecule has 0 fully saturated rings. The second kappa shape index (κ2) is 5.83. The summed E-state index contributed by atoms with van der Waals surface area (Å²) >= 11 is 0. The molecule has 0 radical (unpaired) electrons. The number of phenolic OH excluding ortho intramolecular Hbond substituents is 1. The summed E-state index contributed by atoms with van der Waals surface area (Å²) in [6.45, 7) is 0. The summed E-state index contributed by atoms with van der Waals surface area (Å²) in [6, 6.07) is 11.1. The van der Waals surface area contributed by atoms with Crippen molar-refractivity contribution in [1.82, 2.24) is 0 Å². The third-order valence-corrected chi connectivity index (χ3v) is 3.26. The van der Waals surface area contributed by atoms with Crippen LogP contribution < -0.4 is 9.80 Å². The molecule has 2 aromatic carbocycles. The Bertz CT molecular complexity index is 634. The van der Waals surface area contributed by atoms with E-state index in [-0.39, 0.29) is 11.3 Å². The molecule has 2 rings (SSSR count). The van der Waals surface area contributed by atoms with Crippen molar-refractivity contribution in [2.45, 2.75) is 0 Å². The molecule has 0 heterocycles. The fourth-order valence-corrected chi connectivity index (χ4v) is 1.98. The SMILES string of the molecule is CN(C)c1ccc(N(C)C(=O)c2c(O)cccc2F)cc1. The van der Waals surface area contributed by atoms with E-state index in [1.54, 1.807) is 19.2 Å². The van der Waals surface area contributed by atoms with E-state index in [0.29, 0.717) is 5.69 Å². The molecule has 0 bridgehead atoms. The van der Waals surface area contributed by atoms with Crippen molar-refractivity contribution in [2.75, 3.05) is 30.9 Å². The Labute approximate surface area is 123 Å². The number of rotatable bonds is 3. The first kappa shape index (κ1) is 14.8. The molecule has 0 aliphatic carbocycles. The number of amides is 1. The minimum absolute atomic E-state index is 0.323. The third-order valence-electron chi connectivity index (χ3n) is 3.26. The average Bonchev–Trinajstić information content (AvgIpc) is 2.46. The smallest absolute Gasteiger partial charge is 0.264 e. The molecule has 0 aliphatic heterocycles. The summed E-state index contributed by atoms with van der Waals surface area (Å²) in [5, 5.41) is 9.68. The Morgan fingerprint density at radius 1 is 1.00 bits per heavy atom. The first-order valence-corrected chi connectivity index (χ1v) is 6.44. The minimum Gasteiger partial charge on any atom is -0.507 e. The number of benzene rings is 2. The van der Waals surface area contributed by atoms with Crippen LogP contribution in [0.1, 0.15) is 10.4 Å². The topological polar surface area (TPSA) is 43.8 Å².